The molecule has 0 atom stereocenters. The highest BCUT2D eigenvalue weighted by atomic mass is 35.5. The SMILES string of the molecule is CN(C)c1c(Cl)cccc1NCc1ccc(F)cc1Cl. The number of anilines is 2. The number of para-hydroxylation sites is 1. The van der Waals surface area contributed by atoms with Crippen LogP contribution >= 0.6 is 23.2 Å². The van der Waals surface area contributed by atoms with Gasteiger partial charge < -0.3 is 10.2 Å². The van der Waals surface area contributed by atoms with E-state index >= 15 is 0 Å². The minimum atomic E-state index is -0.338. The standard InChI is InChI=1S/C15H15Cl2FN2/c1-20(2)15-12(16)4-3-5-14(15)19-9-10-6-7-11(18)8-13(10)17/h3-8,19H,9H2,1-2H3. The first-order chi connectivity index (χ1) is 9.49. The van der Waals surface area contributed by atoms with E-state index in [0.717, 1.165) is 16.9 Å². The van der Waals surface area contributed by atoms with Gasteiger partial charge in [-0.05, 0) is 29.8 Å². The molecular formula is C15H15Cl2FN2. The second-order valence-corrected chi connectivity index (χ2v) is 5.43. The molecular weight excluding hydrogens is 298 g/mol. The Balaban J connectivity index is 2.21. The van der Waals surface area contributed by atoms with Crippen LogP contribution in [0.2, 0.25) is 10.0 Å². The molecule has 0 saturated heterocycles. The summed E-state index contributed by atoms with van der Waals surface area (Å²) in [6.45, 7) is 0.500. The van der Waals surface area contributed by atoms with Gasteiger partial charge in [0.05, 0.1) is 16.4 Å². The summed E-state index contributed by atoms with van der Waals surface area (Å²) in [4.78, 5) is 1.94. The third-order valence-corrected chi connectivity index (χ3v) is 3.58. The zero-order valence-electron chi connectivity index (χ0n) is 11.3. The van der Waals surface area contributed by atoms with Crippen LogP contribution in [-0.2, 0) is 6.54 Å². The van der Waals surface area contributed by atoms with Gasteiger partial charge in [-0.15, -0.1) is 0 Å². The number of rotatable bonds is 4. The minimum absolute atomic E-state index is 0.338. The fourth-order valence-electron chi connectivity index (χ4n) is 1.97. The summed E-state index contributed by atoms with van der Waals surface area (Å²) in [5.41, 5.74) is 2.65. The van der Waals surface area contributed by atoms with Gasteiger partial charge in [0.1, 0.15) is 5.82 Å². The van der Waals surface area contributed by atoms with Crippen LogP contribution in [0, 0.1) is 5.82 Å². The van der Waals surface area contributed by atoms with Crippen molar-refractivity contribution < 1.29 is 4.39 Å². The van der Waals surface area contributed by atoms with Crippen LogP contribution in [0.5, 0.6) is 0 Å². The summed E-state index contributed by atoms with van der Waals surface area (Å²) in [5, 5.41) is 4.36. The van der Waals surface area contributed by atoms with Crippen molar-refractivity contribution >= 4 is 34.6 Å². The molecule has 0 spiro atoms. The first-order valence-corrected chi connectivity index (χ1v) is 6.88. The van der Waals surface area contributed by atoms with Crippen LogP contribution in [0.3, 0.4) is 0 Å². The lowest BCUT2D eigenvalue weighted by Crippen LogP contribution is -2.13. The lowest BCUT2D eigenvalue weighted by molar-refractivity contribution is 0.627. The van der Waals surface area contributed by atoms with Gasteiger partial charge >= 0.3 is 0 Å². The molecule has 0 fully saturated rings. The van der Waals surface area contributed by atoms with Gasteiger partial charge in [0.2, 0.25) is 0 Å². The number of nitrogens with one attached hydrogen (secondary N) is 1. The maximum atomic E-state index is 13.0. The van der Waals surface area contributed by atoms with E-state index in [1.807, 2.05) is 37.2 Å². The summed E-state index contributed by atoms with van der Waals surface area (Å²) in [6, 6.07) is 10.0. The Hall–Kier alpha value is -1.45. The third kappa shape index (κ3) is 3.35. The Bertz CT molecular complexity index is 615. The van der Waals surface area contributed by atoms with E-state index in [2.05, 4.69) is 5.32 Å². The average Bonchev–Trinajstić information content (AvgIpc) is 2.37. The summed E-state index contributed by atoms with van der Waals surface area (Å²) < 4.78 is 13.0. The maximum absolute atomic E-state index is 13.0. The van der Waals surface area contributed by atoms with Crippen molar-refractivity contribution in [1.29, 1.82) is 0 Å². The van der Waals surface area contributed by atoms with Gasteiger partial charge in [0.15, 0.2) is 0 Å². The van der Waals surface area contributed by atoms with Crippen molar-refractivity contribution in [2.24, 2.45) is 0 Å². The van der Waals surface area contributed by atoms with Crippen molar-refractivity contribution in [1.82, 2.24) is 0 Å². The molecule has 0 radical (unpaired) electrons. The molecule has 2 aromatic carbocycles. The van der Waals surface area contributed by atoms with Gasteiger partial charge in [-0.2, -0.15) is 0 Å². The molecule has 0 amide bonds. The molecule has 5 heteroatoms. The van der Waals surface area contributed by atoms with Gasteiger partial charge in [0.25, 0.3) is 0 Å². The molecule has 0 aliphatic rings. The van der Waals surface area contributed by atoms with Crippen LogP contribution < -0.4 is 10.2 Å². The molecule has 0 aliphatic carbocycles. The molecule has 2 aromatic rings. The second kappa shape index (κ2) is 6.33. The molecule has 0 aliphatic heterocycles. The highest BCUT2D eigenvalue weighted by molar-refractivity contribution is 6.34. The smallest absolute Gasteiger partial charge is 0.124 e. The molecule has 2 rings (SSSR count). The zero-order valence-corrected chi connectivity index (χ0v) is 12.8. The van der Waals surface area contributed by atoms with Crippen molar-refractivity contribution in [2.75, 3.05) is 24.3 Å². The van der Waals surface area contributed by atoms with Crippen LogP contribution in [0.25, 0.3) is 0 Å². The highest BCUT2D eigenvalue weighted by Gasteiger charge is 2.09. The Labute approximate surface area is 128 Å². The first kappa shape index (κ1) is 14.9. The normalized spacial score (nSPS) is 10.4. The van der Waals surface area contributed by atoms with E-state index in [1.54, 1.807) is 6.07 Å². The van der Waals surface area contributed by atoms with E-state index in [9.17, 15) is 4.39 Å². The second-order valence-electron chi connectivity index (χ2n) is 4.62. The highest BCUT2D eigenvalue weighted by Crippen LogP contribution is 2.33. The van der Waals surface area contributed by atoms with Crippen molar-refractivity contribution in [3.8, 4) is 0 Å². The molecule has 2 nitrogen and oxygen atoms in total. The lowest BCUT2D eigenvalue weighted by Gasteiger charge is -2.20. The van der Waals surface area contributed by atoms with Crippen molar-refractivity contribution in [3.63, 3.8) is 0 Å². The molecule has 20 heavy (non-hydrogen) atoms. The van der Waals surface area contributed by atoms with Crippen LogP contribution in [0.15, 0.2) is 36.4 Å². The molecule has 106 valence electrons. The minimum Gasteiger partial charge on any atom is -0.379 e. The predicted octanol–water partition coefficient (Wildman–Crippen LogP) is 4.81. The fraction of sp³-hybridized carbons (Fsp3) is 0.200. The van der Waals surface area contributed by atoms with Gasteiger partial charge in [-0.3, -0.25) is 0 Å². The number of halogens is 3. The monoisotopic (exact) mass is 312 g/mol. The van der Waals surface area contributed by atoms with Gasteiger partial charge in [0, 0.05) is 25.7 Å². The van der Waals surface area contributed by atoms with Crippen LogP contribution in [0.1, 0.15) is 5.56 Å². The molecule has 1 N–H and O–H groups in total. The van der Waals surface area contributed by atoms with Gasteiger partial charge in [-0.1, -0.05) is 35.3 Å². The molecule has 0 saturated carbocycles. The lowest BCUT2D eigenvalue weighted by atomic mass is 10.2. The van der Waals surface area contributed by atoms with Gasteiger partial charge in [-0.25, -0.2) is 4.39 Å². The van der Waals surface area contributed by atoms with Crippen LogP contribution in [0.4, 0.5) is 15.8 Å². The summed E-state index contributed by atoms with van der Waals surface area (Å²) in [6.07, 6.45) is 0. The summed E-state index contributed by atoms with van der Waals surface area (Å²) in [5.74, 6) is -0.338. The van der Waals surface area contributed by atoms with E-state index in [4.69, 9.17) is 23.2 Å². The predicted molar refractivity (Wildman–Crippen MR) is 84.5 cm³/mol. The Morgan fingerprint density at radius 3 is 2.50 bits per heavy atom. The zero-order chi connectivity index (χ0) is 14.7. The first-order valence-electron chi connectivity index (χ1n) is 6.12. The number of nitrogens with zero attached hydrogens (tertiary/aromatic N) is 1. The number of hydrogen-bond acceptors (Lipinski definition) is 2. The van der Waals surface area contributed by atoms with Crippen LogP contribution in [-0.4, -0.2) is 14.1 Å². The average molecular weight is 313 g/mol. The topological polar surface area (TPSA) is 15.3 Å². The molecule has 0 aromatic heterocycles. The Morgan fingerprint density at radius 2 is 1.85 bits per heavy atom. The fourth-order valence-corrected chi connectivity index (χ4v) is 2.55. The van der Waals surface area contributed by atoms with E-state index < -0.39 is 0 Å². The quantitative estimate of drug-likeness (QED) is 0.871. The largest absolute Gasteiger partial charge is 0.379 e. The number of hydrogen-bond donors (Lipinski definition) is 1. The van der Waals surface area contributed by atoms with E-state index in [1.165, 1.54) is 12.1 Å². The van der Waals surface area contributed by atoms with E-state index in [-0.39, 0.29) is 5.82 Å². The van der Waals surface area contributed by atoms with Crippen molar-refractivity contribution in [2.45, 2.75) is 6.54 Å². The molecule has 0 bridgehead atoms. The maximum Gasteiger partial charge on any atom is 0.124 e. The summed E-state index contributed by atoms with van der Waals surface area (Å²) in [7, 11) is 3.86. The summed E-state index contributed by atoms with van der Waals surface area (Å²) >= 11 is 12.2. The van der Waals surface area contributed by atoms with E-state index in [0.29, 0.717) is 16.6 Å². The molecule has 0 unspecified atom stereocenters. The number of benzene rings is 2. The third-order valence-electron chi connectivity index (χ3n) is 2.92. The Kier molecular flexibility index (Phi) is 4.73. The Morgan fingerprint density at radius 1 is 1.10 bits per heavy atom. The van der Waals surface area contributed by atoms with Crippen molar-refractivity contribution in [3.05, 3.63) is 57.8 Å². The molecule has 0 heterocycles.